The monoisotopic (exact) mass is 247 g/mol. The van der Waals surface area contributed by atoms with Crippen molar-refractivity contribution in [2.24, 2.45) is 5.92 Å². The zero-order valence-corrected chi connectivity index (χ0v) is 10.9. The van der Waals surface area contributed by atoms with E-state index in [0.717, 1.165) is 26.2 Å². The molecule has 1 unspecified atom stereocenters. The van der Waals surface area contributed by atoms with Crippen molar-refractivity contribution in [1.82, 2.24) is 15.2 Å². The van der Waals surface area contributed by atoms with Crippen LogP contribution in [0.25, 0.3) is 0 Å². The number of aromatic nitrogens is 1. The molecule has 1 aromatic heterocycles. The standard InChI is InChI=1S/C14H21N3O/c1-2-17(11-12-5-3-7-15-9-12)14(18)13-6-4-8-16-10-13/h4,6,8,10,12,15H,2-3,5,7,9,11H2,1H3. The number of rotatable bonds is 4. The second kappa shape index (κ2) is 6.50. The summed E-state index contributed by atoms with van der Waals surface area (Å²) in [5.41, 5.74) is 0.683. The Labute approximate surface area is 108 Å². The van der Waals surface area contributed by atoms with E-state index in [9.17, 15) is 4.79 Å². The molecule has 0 radical (unpaired) electrons. The number of hydrogen-bond donors (Lipinski definition) is 1. The summed E-state index contributed by atoms with van der Waals surface area (Å²) < 4.78 is 0. The number of hydrogen-bond acceptors (Lipinski definition) is 3. The lowest BCUT2D eigenvalue weighted by molar-refractivity contribution is 0.0728. The minimum atomic E-state index is 0.0937. The van der Waals surface area contributed by atoms with Crippen LogP contribution in [0.15, 0.2) is 24.5 Å². The number of nitrogens with zero attached hydrogens (tertiary/aromatic N) is 2. The summed E-state index contributed by atoms with van der Waals surface area (Å²) in [5.74, 6) is 0.676. The molecule has 1 N–H and O–H groups in total. The van der Waals surface area contributed by atoms with Crippen molar-refractivity contribution in [3.05, 3.63) is 30.1 Å². The Morgan fingerprint density at radius 3 is 3.11 bits per heavy atom. The van der Waals surface area contributed by atoms with Gasteiger partial charge in [-0.3, -0.25) is 9.78 Å². The highest BCUT2D eigenvalue weighted by atomic mass is 16.2. The molecule has 1 saturated heterocycles. The summed E-state index contributed by atoms with van der Waals surface area (Å²) in [4.78, 5) is 18.2. The Morgan fingerprint density at radius 1 is 1.61 bits per heavy atom. The van der Waals surface area contributed by atoms with Crippen LogP contribution in [-0.2, 0) is 0 Å². The van der Waals surface area contributed by atoms with Gasteiger partial charge in [0.25, 0.3) is 5.91 Å². The van der Waals surface area contributed by atoms with Crippen molar-refractivity contribution in [2.45, 2.75) is 19.8 Å². The highest BCUT2D eigenvalue weighted by Crippen LogP contribution is 2.13. The molecule has 0 spiro atoms. The molecule has 1 aliphatic rings. The van der Waals surface area contributed by atoms with Gasteiger partial charge < -0.3 is 10.2 Å². The number of carbonyl (C=O) groups is 1. The fourth-order valence-electron chi connectivity index (χ4n) is 2.42. The van der Waals surface area contributed by atoms with Crippen molar-refractivity contribution in [3.63, 3.8) is 0 Å². The van der Waals surface area contributed by atoms with Crippen molar-refractivity contribution >= 4 is 5.91 Å². The average Bonchev–Trinajstić information content (AvgIpc) is 2.46. The molecule has 0 bridgehead atoms. The van der Waals surface area contributed by atoms with Crippen molar-refractivity contribution in [3.8, 4) is 0 Å². The highest BCUT2D eigenvalue weighted by Gasteiger charge is 2.20. The summed E-state index contributed by atoms with van der Waals surface area (Å²) in [6.45, 7) is 5.77. The van der Waals surface area contributed by atoms with Gasteiger partial charge in [-0.25, -0.2) is 0 Å². The molecule has 1 fully saturated rings. The van der Waals surface area contributed by atoms with E-state index in [1.54, 1.807) is 12.4 Å². The molecule has 2 rings (SSSR count). The predicted molar refractivity (Wildman–Crippen MR) is 71.4 cm³/mol. The second-order valence-corrected chi connectivity index (χ2v) is 4.80. The molecule has 0 saturated carbocycles. The summed E-state index contributed by atoms with van der Waals surface area (Å²) in [6, 6.07) is 3.64. The predicted octanol–water partition coefficient (Wildman–Crippen LogP) is 1.54. The van der Waals surface area contributed by atoms with Gasteiger partial charge in [0.2, 0.25) is 0 Å². The van der Waals surface area contributed by atoms with Crippen LogP contribution in [0, 0.1) is 5.92 Å². The SMILES string of the molecule is CCN(CC1CCCNC1)C(=O)c1cccnc1. The minimum absolute atomic E-state index is 0.0937. The number of amides is 1. The third-order valence-electron chi connectivity index (χ3n) is 3.45. The molecule has 0 aromatic carbocycles. The van der Waals surface area contributed by atoms with E-state index >= 15 is 0 Å². The van der Waals surface area contributed by atoms with Crippen molar-refractivity contribution in [1.29, 1.82) is 0 Å². The number of carbonyl (C=O) groups excluding carboxylic acids is 1. The lowest BCUT2D eigenvalue weighted by Gasteiger charge is -2.29. The van der Waals surface area contributed by atoms with Crippen LogP contribution in [-0.4, -0.2) is 42.0 Å². The quantitative estimate of drug-likeness (QED) is 0.878. The van der Waals surface area contributed by atoms with E-state index in [0.29, 0.717) is 11.5 Å². The zero-order chi connectivity index (χ0) is 12.8. The summed E-state index contributed by atoms with van der Waals surface area (Å²) in [6.07, 6.45) is 5.76. The Hall–Kier alpha value is -1.42. The molecule has 1 aliphatic heterocycles. The molecule has 4 heteroatoms. The number of pyridine rings is 1. The fraction of sp³-hybridized carbons (Fsp3) is 0.571. The van der Waals surface area contributed by atoms with E-state index in [2.05, 4.69) is 10.3 Å². The summed E-state index contributed by atoms with van der Waals surface area (Å²) >= 11 is 0. The van der Waals surface area contributed by atoms with Gasteiger partial charge in [0, 0.05) is 25.5 Å². The first-order chi connectivity index (χ1) is 8.81. The summed E-state index contributed by atoms with van der Waals surface area (Å²) in [5, 5.41) is 3.39. The third kappa shape index (κ3) is 3.29. The third-order valence-corrected chi connectivity index (χ3v) is 3.45. The first kappa shape index (κ1) is 13.0. The highest BCUT2D eigenvalue weighted by molar-refractivity contribution is 5.93. The van der Waals surface area contributed by atoms with Gasteiger partial charge in [-0.15, -0.1) is 0 Å². The van der Waals surface area contributed by atoms with Crippen molar-refractivity contribution < 1.29 is 4.79 Å². The fourth-order valence-corrected chi connectivity index (χ4v) is 2.42. The van der Waals surface area contributed by atoms with Crippen LogP contribution in [0.2, 0.25) is 0 Å². The van der Waals surface area contributed by atoms with Gasteiger partial charge >= 0.3 is 0 Å². The molecule has 18 heavy (non-hydrogen) atoms. The van der Waals surface area contributed by atoms with Gasteiger partial charge in [-0.1, -0.05) is 0 Å². The molecule has 1 atom stereocenters. The van der Waals surface area contributed by atoms with Crippen LogP contribution in [0.3, 0.4) is 0 Å². The van der Waals surface area contributed by atoms with Gasteiger partial charge in [-0.05, 0) is 50.9 Å². The van der Waals surface area contributed by atoms with Gasteiger partial charge in [-0.2, -0.15) is 0 Å². The molecular formula is C14H21N3O. The normalized spacial score (nSPS) is 19.5. The van der Waals surface area contributed by atoms with Crippen molar-refractivity contribution in [2.75, 3.05) is 26.2 Å². The Bertz CT molecular complexity index is 374. The first-order valence-electron chi connectivity index (χ1n) is 6.71. The van der Waals surface area contributed by atoms with Crippen LogP contribution < -0.4 is 5.32 Å². The maximum absolute atomic E-state index is 12.3. The van der Waals surface area contributed by atoms with Gasteiger partial charge in [0.15, 0.2) is 0 Å². The van der Waals surface area contributed by atoms with E-state index < -0.39 is 0 Å². The lowest BCUT2D eigenvalue weighted by Crippen LogP contribution is -2.41. The second-order valence-electron chi connectivity index (χ2n) is 4.80. The van der Waals surface area contributed by atoms with E-state index in [1.807, 2.05) is 24.0 Å². The molecular weight excluding hydrogens is 226 g/mol. The Kier molecular flexibility index (Phi) is 4.70. The first-order valence-corrected chi connectivity index (χ1v) is 6.71. The molecule has 1 amide bonds. The molecule has 98 valence electrons. The minimum Gasteiger partial charge on any atom is -0.339 e. The molecule has 1 aromatic rings. The van der Waals surface area contributed by atoms with Crippen LogP contribution in [0.5, 0.6) is 0 Å². The Balaban J connectivity index is 1.97. The largest absolute Gasteiger partial charge is 0.339 e. The van der Waals surface area contributed by atoms with Gasteiger partial charge in [0.05, 0.1) is 5.56 Å². The molecule has 4 nitrogen and oxygen atoms in total. The maximum atomic E-state index is 12.3. The van der Waals surface area contributed by atoms with E-state index in [1.165, 1.54) is 12.8 Å². The number of nitrogens with one attached hydrogen (secondary N) is 1. The summed E-state index contributed by atoms with van der Waals surface area (Å²) in [7, 11) is 0. The topological polar surface area (TPSA) is 45.2 Å². The van der Waals surface area contributed by atoms with E-state index in [-0.39, 0.29) is 5.91 Å². The van der Waals surface area contributed by atoms with E-state index in [4.69, 9.17) is 0 Å². The Morgan fingerprint density at radius 2 is 2.50 bits per heavy atom. The zero-order valence-electron chi connectivity index (χ0n) is 10.9. The van der Waals surface area contributed by atoms with Crippen LogP contribution >= 0.6 is 0 Å². The average molecular weight is 247 g/mol. The number of piperidine rings is 1. The smallest absolute Gasteiger partial charge is 0.255 e. The maximum Gasteiger partial charge on any atom is 0.255 e. The van der Waals surface area contributed by atoms with Gasteiger partial charge in [0.1, 0.15) is 0 Å². The van der Waals surface area contributed by atoms with Crippen LogP contribution in [0.1, 0.15) is 30.1 Å². The molecule has 0 aliphatic carbocycles. The lowest BCUT2D eigenvalue weighted by atomic mass is 9.99. The van der Waals surface area contributed by atoms with Crippen LogP contribution in [0.4, 0.5) is 0 Å². The molecule has 2 heterocycles.